The monoisotopic (exact) mass is 245 g/mol. The van der Waals surface area contributed by atoms with Crippen molar-refractivity contribution >= 4 is 22.8 Å². The van der Waals surface area contributed by atoms with Crippen LogP contribution in [0.2, 0.25) is 0 Å². The Balaban J connectivity index is 2.59. The lowest BCUT2D eigenvalue weighted by molar-refractivity contribution is -0.141. The largest absolute Gasteiger partial charge is 0.433 e. The summed E-state index contributed by atoms with van der Waals surface area (Å²) in [4.78, 5) is 11.3. The number of hydrogen-bond donors (Lipinski definition) is 0. The van der Waals surface area contributed by atoms with Crippen molar-refractivity contribution in [1.29, 1.82) is 0 Å². The Hall–Kier alpha value is -1.37. The molecule has 2 rings (SSSR count). The first-order valence-corrected chi connectivity index (χ1v) is 5.48. The molecule has 0 bridgehead atoms. The number of thioether (sulfide) groups is 1. The zero-order valence-electron chi connectivity index (χ0n) is 8.12. The minimum Gasteiger partial charge on any atom is -0.230 e. The molecular formula is C9H6F3N3S. The van der Waals surface area contributed by atoms with Gasteiger partial charge in [0.15, 0.2) is 10.8 Å². The van der Waals surface area contributed by atoms with E-state index in [-0.39, 0.29) is 5.65 Å². The molecule has 2 heterocycles. The third kappa shape index (κ3) is 2.08. The van der Waals surface area contributed by atoms with Gasteiger partial charge >= 0.3 is 6.18 Å². The second-order valence-electron chi connectivity index (χ2n) is 2.96. The van der Waals surface area contributed by atoms with Crippen LogP contribution in [0.3, 0.4) is 0 Å². The topological polar surface area (TPSA) is 38.7 Å². The van der Waals surface area contributed by atoms with E-state index in [1.54, 1.807) is 6.26 Å². The molecule has 7 heteroatoms. The van der Waals surface area contributed by atoms with Crippen molar-refractivity contribution in [2.45, 2.75) is 11.3 Å². The number of halogens is 3. The highest BCUT2D eigenvalue weighted by atomic mass is 32.2. The van der Waals surface area contributed by atoms with E-state index in [9.17, 15) is 13.2 Å². The smallest absolute Gasteiger partial charge is 0.230 e. The predicted molar refractivity (Wildman–Crippen MR) is 54.1 cm³/mol. The van der Waals surface area contributed by atoms with Crippen LogP contribution in [-0.2, 0) is 6.18 Å². The van der Waals surface area contributed by atoms with Crippen LogP contribution in [0, 0.1) is 0 Å². The zero-order chi connectivity index (χ0) is 11.8. The molecule has 0 saturated carbocycles. The highest BCUT2D eigenvalue weighted by Gasteiger charge is 2.32. The van der Waals surface area contributed by atoms with Gasteiger partial charge in [-0.05, 0) is 18.4 Å². The van der Waals surface area contributed by atoms with E-state index in [1.165, 1.54) is 24.0 Å². The molecule has 0 aliphatic heterocycles. The molecular weight excluding hydrogens is 239 g/mol. The second kappa shape index (κ2) is 3.89. The average molecular weight is 245 g/mol. The highest BCUT2D eigenvalue weighted by Crippen LogP contribution is 2.28. The van der Waals surface area contributed by atoms with Crippen molar-refractivity contribution in [3.8, 4) is 0 Å². The van der Waals surface area contributed by atoms with Gasteiger partial charge in [0.05, 0.1) is 0 Å². The van der Waals surface area contributed by atoms with Crippen molar-refractivity contribution in [2.75, 3.05) is 6.26 Å². The highest BCUT2D eigenvalue weighted by molar-refractivity contribution is 7.98. The molecule has 0 atom stereocenters. The Bertz CT molecular complexity index is 527. The van der Waals surface area contributed by atoms with E-state index in [4.69, 9.17) is 0 Å². The van der Waals surface area contributed by atoms with Crippen LogP contribution in [0.1, 0.15) is 5.69 Å². The molecule has 0 aliphatic carbocycles. The first-order chi connectivity index (χ1) is 7.50. The molecule has 0 radical (unpaired) electrons. The first kappa shape index (κ1) is 11.1. The summed E-state index contributed by atoms with van der Waals surface area (Å²) in [5, 5.41) is 0.894. The maximum atomic E-state index is 12.4. The number of alkyl halides is 3. The van der Waals surface area contributed by atoms with Crippen LogP contribution in [0.5, 0.6) is 0 Å². The van der Waals surface area contributed by atoms with Crippen molar-refractivity contribution in [3.63, 3.8) is 0 Å². The third-order valence-electron chi connectivity index (χ3n) is 1.89. The summed E-state index contributed by atoms with van der Waals surface area (Å²) in [6.45, 7) is 0. The van der Waals surface area contributed by atoms with E-state index in [0.717, 1.165) is 6.07 Å². The Kier molecular flexibility index (Phi) is 2.71. The second-order valence-corrected chi connectivity index (χ2v) is 3.74. The molecule has 0 saturated heterocycles. The molecule has 0 aliphatic rings. The van der Waals surface area contributed by atoms with Gasteiger partial charge in [-0.3, -0.25) is 0 Å². The van der Waals surface area contributed by atoms with Crippen LogP contribution in [0.25, 0.3) is 11.0 Å². The van der Waals surface area contributed by atoms with E-state index in [0.29, 0.717) is 10.5 Å². The molecule has 84 valence electrons. The number of rotatable bonds is 1. The maximum absolute atomic E-state index is 12.4. The first-order valence-electron chi connectivity index (χ1n) is 4.25. The minimum absolute atomic E-state index is 0.0641. The molecule has 0 amide bonds. The normalized spacial score (nSPS) is 12.0. The van der Waals surface area contributed by atoms with Crippen LogP contribution in [-0.4, -0.2) is 21.2 Å². The molecule has 2 aromatic heterocycles. The van der Waals surface area contributed by atoms with Gasteiger partial charge in [0.2, 0.25) is 0 Å². The molecule has 0 fully saturated rings. The number of nitrogens with zero attached hydrogens (tertiary/aromatic N) is 3. The van der Waals surface area contributed by atoms with Crippen molar-refractivity contribution in [3.05, 3.63) is 24.0 Å². The van der Waals surface area contributed by atoms with Crippen LogP contribution in [0.15, 0.2) is 23.5 Å². The van der Waals surface area contributed by atoms with Gasteiger partial charge in [-0.2, -0.15) is 13.2 Å². The number of hydrogen-bond acceptors (Lipinski definition) is 4. The van der Waals surface area contributed by atoms with Gasteiger partial charge in [0, 0.05) is 11.6 Å². The lowest BCUT2D eigenvalue weighted by Gasteiger charge is -2.06. The van der Waals surface area contributed by atoms with E-state index in [1.807, 2.05) is 0 Å². The fraction of sp³-hybridized carbons (Fsp3) is 0.222. The number of aromatic nitrogens is 3. The predicted octanol–water partition coefficient (Wildman–Crippen LogP) is 2.77. The summed E-state index contributed by atoms with van der Waals surface area (Å²) in [5.74, 6) is 0. The Morgan fingerprint density at radius 3 is 2.56 bits per heavy atom. The van der Waals surface area contributed by atoms with Gasteiger partial charge in [0.25, 0.3) is 0 Å². The Morgan fingerprint density at radius 1 is 1.19 bits per heavy atom. The average Bonchev–Trinajstić information content (AvgIpc) is 2.26. The minimum atomic E-state index is -4.45. The summed E-state index contributed by atoms with van der Waals surface area (Å²) >= 11 is 1.25. The SMILES string of the molecule is CSc1ncc2ccc(C(F)(F)F)nc2n1. The van der Waals surface area contributed by atoms with Gasteiger partial charge in [0.1, 0.15) is 5.69 Å². The van der Waals surface area contributed by atoms with Crippen molar-refractivity contribution in [2.24, 2.45) is 0 Å². The zero-order valence-corrected chi connectivity index (χ0v) is 8.93. The molecule has 16 heavy (non-hydrogen) atoms. The Labute approximate surface area is 93.1 Å². The van der Waals surface area contributed by atoms with Crippen LogP contribution < -0.4 is 0 Å². The van der Waals surface area contributed by atoms with Gasteiger partial charge in [-0.1, -0.05) is 11.8 Å². The molecule has 0 N–H and O–H groups in total. The summed E-state index contributed by atoms with van der Waals surface area (Å²) in [5.41, 5.74) is -0.875. The summed E-state index contributed by atoms with van der Waals surface area (Å²) in [6.07, 6.45) is -1.24. The van der Waals surface area contributed by atoms with Crippen LogP contribution >= 0.6 is 11.8 Å². The standard InChI is InChI=1S/C9H6F3N3S/c1-16-8-13-4-5-2-3-6(9(10,11)12)14-7(5)15-8/h2-4H,1H3. The van der Waals surface area contributed by atoms with E-state index >= 15 is 0 Å². The molecule has 0 unspecified atom stereocenters. The number of pyridine rings is 1. The molecule has 3 nitrogen and oxygen atoms in total. The van der Waals surface area contributed by atoms with Crippen molar-refractivity contribution < 1.29 is 13.2 Å². The number of fused-ring (bicyclic) bond motifs is 1. The van der Waals surface area contributed by atoms with E-state index < -0.39 is 11.9 Å². The van der Waals surface area contributed by atoms with E-state index in [2.05, 4.69) is 15.0 Å². The van der Waals surface area contributed by atoms with Gasteiger partial charge in [-0.15, -0.1) is 0 Å². The maximum Gasteiger partial charge on any atom is 0.433 e. The molecule has 0 spiro atoms. The van der Waals surface area contributed by atoms with Gasteiger partial charge < -0.3 is 0 Å². The van der Waals surface area contributed by atoms with Gasteiger partial charge in [-0.25, -0.2) is 15.0 Å². The quantitative estimate of drug-likeness (QED) is 0.572. The summed E-state index contributed by atoms with van der Waals surface area (Å²) < 4.78 is 37.2. The lowest BCUT2D eigenvalue weighted by Crippen LogP contribution is -2.08. The lowest BCUT2D eigenvalue weighted by atomic mass is 10.3. The fourth-order valence-electron chi connectivity index (χ4n) is 1.15. The van der Waals surface area contributed by atoms with Crippen molar-refractivity contribution in [1.82, 2.24) is 15.0 Å². The Morgan fingerprint density at radius 2 is 1.94 bits per heavy atom. The summed E-state index contributed by atoms with van der Waals surface area (Å²) in [6, 6.07) is 2.24. The summed E-state index contributed by atoms with van der Waals surface area (Å²) in [7, 11) is 0. The van der Waals surface area contributed by atoms with Crippen LogP contribution in [0.4, 0.5) is 13.2 Å². The molecule has 0 aromatic carbocycles. The fourth-order valence-corrected chi connectivity index (χ4v) is 1.49. The molecule has 2 aromatic rings. The third-order valence-corrected chi connectivity index (χ3v) is 2.46.